The Kier molecular flexibility index (Phi) is 3.69. The lowest BCUT2D eigenvalue weighted by Gasteiger charge is -2.07. The molecule has 1 aromatic rings. The van der Waals surface area contributed by atoms with Gasteiger partial charge in [0, 0.05) is 6.07 Å². The summed E-state index contributed by atoms with van der Waals surface area (Å²) in [5.74, 6) is -5.20. The Bertz CT molecular complexity index is 468. The molecule has 0 unspecified atom stereocenters. The number of carbonyl (C=O) groups is 2. The second-order valence-corrected chi connectivity index (χ2v) is 3.02. The van der Waals surface area contributed by atoms with E-state index in [1.165, 1.54) is 5.32 Å². The van der Waals surface area contributed by atoms with Crippen molar-refractivity contribution in [3.8, 4) is 17.5 Å². The zero-order chi connectivity index (χ0) is 13.9. The number of hydrogen-bond acceptors (Lipinski definition) is 5. The Balaban J connectivity index is 2.48. The minimum atomic E-state index is -5.10. The van der Waals surface area contributed by atoms with Gasteiger partial charge in [0.05, 0.1) is 0 Å². The average Bonchev–Trinajstić information content (AvgIpc) is 2.52. The molecule has 0 aliphatic rings. The third-order valence-corrected chi connectivity index (χ3v) is 1.62. The van der Waals surface area contributed by atoms with Gasteiger partial charge >= 0.3 is 18.1 Å². The molecule has 0 bridgehead atoms. The SMILES string of the molecule is O=C(CNC(=O)C(F)(F)F)Oc1cc(O)[nH]c1O. The van der Waals surface area contributed by atoms with Crippen molar-refractivity contribution in [3.63, 3.8) is 0 Å². The number of carbonyl (C=O) groups excluding carboxylic acids is 2. The lowest BCUT2D eigenvalue weighted by atomic mass is 10.5. The summed E-state index contributed by atoms with van der Waals surface area (Å²) < 4.78 is 39.6. The molecule has 0 radical (unpaired) electrons. The van der Waals surface area contributed by atoms with E-state index >= 15 is 0 Å². The number of aromatic nitrogens is 1. The first-order chi connectivity index (χ1) is 8.20. The van der Waals surface area contributed by atoms with Gasteiger partial charge in [-0.15, -0.1) is 0 Å². The molecule has 0 aromatic carbocycles. The largest absolute Gasteiger partial charge is 0.494 e. The first-order valence-corrected chi connectivity index (χ1v) is 4.37. The highest BCUT2D eigenvalue weighted by molar-refractivity contribution is 5.86. The number of esters is 1. The number of aromatic amines is 1. The maximum Gasteiger partial charge on any atom is 0.471 e. The summed E-state index contributed by atoms with van der Waals surface area (Å²) >= 11 is 0. The van der Waals surface area contributed by atoms with Gasteiger partial charge in [-0.25, -0.2) is 4.79 Å². The highest BCUT2D eigenvalue weighted by atomic mass is 19.4. The zero-order valence-electron chi connectivity index (χ0n) is 8.54. The molecular formula is C8H7F3N2O5. The molecule has 100 valence electrons. The third-order valence-electron chi connectivity index (χ3n) is 1.62. The molecule has 0 fully saturated rings. The van der Waals surface area contributed by atoms with Crippen LogP contribution in [0.1, 0.15) is 0 Å². The Morgan fingerprint density at radius 2 is 2.00 bits per heavy atom. The van der Waals surface area contributed by atoms with Crippen molar-refractivity contribution in [2.75, 3.05) is 6.54 Å². The van der Waals surface area contributed by atoms with Gasteiger partial charge in [-0.2, -0.15) is 13.2 Å². The van der Waals surface area contributed by atoms with Crippen LogP contribution in [0.25, 0.3) is 0 Å². The monoisotopic (exact) mass is 268 g/mol. The summed E-state index contributed by atoms with van der Waals surface area (Å²) in [6.45, 7) is -1.04. The number of alkyl halides is 3. The second kappa shape index (κ2) is 4.85. The lowest BCUT2D eigenvalue weighted by molar-refractivity contribution is -0.174. The van der Waals surface area contributed by atoms with Crippen LogP contribution in [0.4, 0.5) is 13.2 Å². The molecule has 4 N–H and O–H groups in total. The number of ether oxygens (including phenoxy) is 1. The van der Waals surface area contributed by atoms with Gasteiger partial charge in [0.15, 0.2) is 11.6 Å². The summed E-state index contributed by atoms with van der Waals surface area (Å²) in [6, 6.07) is 0.832. The number of rotatable bonds is 3. The Hall–Kier alpha value is -2.39. The molecule has 18 heavy (non-hydrogen) atoms. The molecule has 0 spiro atoms. The molecule has 0 saturated heterocycles. The minimum Gasteiger partial charge on any atom is -0.494 e. The van der Waals surface area contributed by atoms with Gasteiger partial charge in [-0.3, -0.25) is 9.78 Å². The first kappa shape index (κ1) is 13.7. The van der Waals surface area contributed by atoms with Crippen LogP contribution in [0.3, 0.4) is 0 Å². The van der Waals surface area contributed by atoms with E-state index in [0.717, 1.165) is 6.07 Å². The molecule has 0 atom stereocenters. The van der Waals surface area contributed by atoms with Crippen molar-refractivity contribution in [2.24, 2.45) is 0 Å². The van der Waals surface area contributed by atoms with Crippen LogP contribution in [-0.4, -0.2) is 39.8 Å². The molecule has 0 aliphatic carbocycles. The number of amides is 1. The van der Waals surface area contributed by atoms with E-state index in [2.05, 4.69) is 4.74 Å². The number of H-pyrrole nitrogens is 1. The van der Waals surface area contributed by atoms with Crippen LogP contribution in [-0.2, 0) is 9.59 Å². The normalized spacial score (nSPS) is 11.1. The summed E-state index contributed by atoms with van der Waals surface area (Å²) in [7, 11) is 0. The van der Waals surface area contributed by atoms with Crippen LogP contribution >= 0.6 is 0 Å². The predicted octanol–water partition coefficient (Wildman–Crippen LogP) is 0.00980. The minimum absolute atomic E-state index is 0.473. The molecule has 1 heterocycles. The quantitative estimate of drug-likeness (QED) is 0.577. The standard InChI is InChI=1S/C8H7F3N2O5/c9-8(10,11)7(17)12-2-5(15)18-3-1-4(14)13-6(3)16/h1,13-14,16H,2H2,(H,12,17). The van der Waals surface area contributed by atoms with Gasteiger partial charge in [0.1, 0.15) is 6.54 Å². The van der Waals surface area contributed by atoms with Crippen LogP contribution in [0.15, 0.2) is 6.07 Å². The van der Waals surface area contributed by atoms with E-state index < -0.39 is 42.1 Å². The van der Waals surface area contributed by atoms with E-state index in [4.69, 9.17) is 10.2 Å². The third kappa shape index (κ3) is 3.57. The van der Waals surface area contributed by atoms with Crippen molar-refractivity contribution >= 4 is 11.9 Å². The van der Waals surface area contributed by atoms with Crippen LogP contribution in [0, 0.1) is 0 Å². The summed E-state index contributed by atoms with van der Waals surface area (Å²) in [5, 5.41) is 19.1. The molecule has 1 aromatic heterocycles. The van der Waals surface area contributed by atoms with Crippen LogP contribution < -0.4 is 10.1 Å². The van der Waals surface area contributed by atoms with Gasteiger partial charge in [-0.05, 0) is 0 Å². The lowest BCUT2D eigenvalue weighted by Crippen LogP contribution is -2.40. The molecule has 10 heteroatoms. The van der Waals surface area contributed by atoms with Gasteiger partial charge in [0.2, 0.25) is 5.88 Å². The number of aromatic hydroxyl groups is 2. The molecule has 1 rings (SSSR count). The average molecular weight is 268 g/mol. The van der Waals surface area contributed by atoms with Gasteiger partial charge in [-0.1, -0.05) is 0 Å². The molecule has 0 aliphatic heterocycles. The predicted molar refractivity (Wildman–Crippen MR) is 48.8 cm³/mol. The summed E-state index contributed by atoms with van der Waals surface area (Å²) in [5.41, 5.74) is 0. The van der Waals surface area contributed by atoms with E-state index in [-0.39, 0.29) is 0 Å². The molecule has 7 nitrogen and oxygen atoms in total. The van der Waals surface area contributed by atoms with E-state index in [9.17, 15) is 22.8 Å². The van der Waals surface area contributed by atoms with Gasteiger partial charge < -0.3 is 20.3 Å². The highest BCUT2D eigenvalue weighted by Crippen LogP contribution is 2.29. The topological polar surface area (TPSA) is 112 Å². The number of halogens is 3. The zero-order valence-corrected chi connectivity index (χ0v) is 8.54. The van der Waals surface area contributed by atoms with Crippen LogP contribution in [0.2, 0.25) is 0 Å². The van der Waals surface area contributed by atoms with E-state index in [1.54, 1.807) is 0 Å². The highest BCUT2D eigenvalue weighted by Gasteiger charge is 2.38. The first-order valence-electron chi connectivity index (χ1n) is 4.37. The van der Waals surface area contributed by atoms with Crippen molar-refractivity contribution < 1.29 is 37.7 Å². The fourth-order valence-electron chi connectivity index (χ4n) is 0.901. The van der Waals surface area contributed by atoms with Crippen LogP contribution in [0.5, 0.6) is 17.5 Å². The smallest absolute Gasteiger partial charge is 0.471 e. The molecule has 0 saturated carbocycles. The van der Waals surface area contributed by atoms with Crippen molar-refractivity contribution in [3.05, 3.63) is 6.07 Å². The Morgan fingerprint density at radius 3 is 2.44 bits per heavy atom. The maximum absolute atomic E-state index is 11.8. The fourth-order valence-corrected chi connectivity index (χ4v) is 0.901. The Labute approximate surface area is 97.2 Å². The Morgan fingerprint density at radius 1 is 1.39 bits per heavy atom. The number of nitrogens with one attached hydrogen (secondary N) is 2. The summed E-state index contributed by atoms with van der Waals surface area (Å²) in [4.78, 5) is 23.3. The van der Waals surface area contributed by atoms with E-state index in [0.29, 0.717) is 0 Å². The van der Waals surface area contributed by atoms with Crippen molar-refractivity contribution in [1.29, 1.82) is 0 Å². The van der Waals surface area contributed by atoms with Crippen molar-refractivity contribution in [1.82, 2.24) is 10.3 Å². The second-order valence-electron chi connectivity index (χ2n) is 3.02. The number of hydrogen-bond donors (Lipinski definition) is 4. The van der Waals surface area contributed by atoms with E-state index in [1.807, 2.05) is 4.98 Å². The molecular weight excluding hydrogens is 261 g/mol. The maximum atomic E-state index is 11.8. The molecule has 1 amide bonds. The fraction of sp³-hybridized carbons (Fsp3) is 0.250. The van der Waals surface area contributed by atoms with Gasteiger partial charge in [0.25, 0.3) is 0 Å². The van der Waals surface area contributed by atoms with Crippen molar-refractivity contribution in [2.45, 2.75) is 6.18 Å². The summed E-state index contributed by atoms with van der Waals surface area (Å²) in [6.07, 6.45) is -5.10.